The predicted octanol–water partition coefficient (Wildman–Crippen LogP) is 5.56. The van der Waals surface area contributed by atoms with Gasteiger partial charge in [0.25, 0.3) is 0 Å². The van der Waals surface area contributed by atoms with Gasteiger partial charge in [-0.15, -0.1) is 0 Å². The molecule has 0 spiro atoms. The van der Waals surface area contributed by atoms with Crippen LogP contribution < -0.4 is 0 Å². The molecule has 0 fully saturated rings. The molecule has 2 atom stereocenters. The number of hydrogen-bond donors (Lipinski definition) is 0. The Kier molecular flexibility index (Phi) is 7.31. The van der Waals surface area contributed by atoms with Crippen LogP contribution in [0.25, 0.3) is 0 Å². The monoisotopic (exact) mass is 308 g/mol. The quantitative estimate of drug-likeness (QED) is 0.621. The molecule has 0 amide bonds. The van der Waals surface area contributed by atoms with Crippen molar-refractivity contribution in [1.82, 2.24) is 0 Å². The van der Waals surface area contributed by atoms with Crippen molar-refractivity contribution in [2.75, 3.05) is 6.61 Å². The molecule has 2 heteroatoms. The minimum absolute atomic E-state index is 0.00107. The van der Waals surface area contributed by atoms with Gasteiger partial charge in [-0.2, -0.15) is 0 Å². The number of ketones is 1. The summed E-state index contributed by atoms with van der Waals surface area (Å²) in [6, 6.07) is 0. The third kappa shape index (κ3) is 7.58. The number of carbonyl (C=O) groups excluding carboxylic acids is 1. The standard InChI is InChI=1S/C20H36O2/c1-19(2,3)14-16(18(21)20(4,5)6)15-22-17-12-10-8-7-9-11-13-17/h10,12,16-17H,7-9,11,13-15H2,1-6H3/b12-10+/t16-,17?/m1/s1. The summed E-state index contributed by atoms with van der Waals surface area (Å²) in [7, 11) is 0. The second-order valence-corrected chi connectivity index (χ2v) is 9.01. The van der Waals surface area contributed by atoms with E-state index in [4.69, 9.17) is 4.74 Å². The van der Waals surface area contributed by atoms with E-state index in [0.29, 0.717) is 12.4 Å². The molecule has 2 nitrogen and oxygen atoms in total. The van der Waals surface area contributed by atoms with Crippen LogP contribution in [0.4, 0.5) is 0 Å². The summed E-state index contributed by atoms with van der Waals surface area (Å²) in [5.41, 5.74) is -0.151. The first-order chi connectivity index (χ1) is 10.1. The fourth-order valence-electron chi connectivity index (χ4n) is 3.09. The van der Waals surface area contributed by atoms with E-state index < -0.39 is 0 Å². The van der Waals surface area contributed by atoms with Crippen LogP contribution in [0.15, 0.2) is 12.2 Å². The molecule has 128 valence electrons. The van der Waals surface area contributed by atoms with Crippen molar-refractivity contribution < 1.29 is 9.53 Å². The maximum Gasteiger partial charge on any atom is 0.143 e. The fraction of sp³-hybridized carbons (Fsp3) is 0.850. The maximum atomic E-state index is 12.7. The van der Waals surface area contributed by atoms with Gasteiger partial charge < -0.3 is 4.74 Å². The predicted molar refractivity (Wildman–Crippen MR) is 94.0 cm³/mol. The summed E-state index contributed by atoms with van der Waals surface area (Å²) in [6.07, 6.45) is 11.6. The van der Waals surface area contributed by atoms with Crippen LogP contribution in [0.1, 0.15) is 80.1 Å². The number of rotatable bonds is 5. The Bertz CT molecular complexity index is 368. The van der Waals surface area contributed by atoms with Crippen molar-refractivity contribution in [2.24, 2.45) is 16.7 Å². The minimum Gasteiger partial charge on any atom is -0.373 e. The first-order valence-electron chi connectivity index (χ1n) is 8.92. The molecule has 0 saturated heterocycles. The summed E-state index contributed by atoms with van der Waals surface area (Å²) in [5.74, 6) is 0.330. The van der Waals surface area contributed by atoms with Crippen molar-refractivity contribution in [2.45, 2.75) is 86.2 Å². The maximum absolute atomic E-state index is 12.7. The van der Waals surface area contributed by atoms with Gasteiger partial charge in [0.15, 0.2) is 0 Å². The Morgan fingerprint density at radius 2 is 1.82 bits per heavy atom. The lowest BCUT2D eigenvalue weighted by atomic mass is 9.76. The van der Waals surface area contributed by atoms with Crippen LogP contribution in [-0.4, -0.2) is 18.5 Å². The van der Waals surface area contributed by atoms with Gasteiger partial charge in [0.1, 0.15) is 5.78 Å². The van der Waals surface area contributed by atoms with Crippen molar-refractivity contribution in [1.29, 1.82) is 0 Å². The summed E-state index contributed by atoms with van der Waals surface area (Å²) >= 11 is 0. The molecule has 1 aliphatic rings. The third-order valence-corrected chi connectivity index (χ3v) is 4.19. The Morgan fingerprint density at radius 1 is 1.14 bits per heavy atom. The second kappa shape index (κ2) is 8.29. The highest BCUT2D eigenvalue weighted by atomic mass is 16.5. The van der Waals surface area contributed by atoms with Crippen molar-refractivity contribution in [3.63, 3.8) is 0 Å². The molecule has 1 aliphatic carbocycles. The molecule has 0 N–H and O–H groups in total. The highest BCUT2D eigenvalue weighted by molar-refractivity contribution is 5.86. The number of ether oxygens (including phenoxy) is 1. The van der Waals surface area contributed by atoms with Crippen LogP contribution in [-0.2, 0) is 9.53 Å². The zero-order valence-corrected chi connectivity index (χ0v) is 15.6. The van der Waals surface area contributed by atoms with Crippen LogP contribution in [0.2, 0.25) is 0 Å². The van der Waals surface area contributed by atoms with Crippen molar-refractivity contribution in [3.8, 4) is 0 Å². The molecule has 0 saturated carbocycles. The molecule has 1 rings (SSSR count). The van der Waals surface area contributed by atoms with Crippen LogP contribution in [0.5, 0.6) is 0 Å². The Labute approximate surface area is 137 Å². The number of carbonyl (C=O) groups is 1. The summed E-state index contributed by atoms with van der Waals surface area (Å²) < 4.78 is 6.14. The average Bonchev–Trinajstić information content (AvgIpc) is 2.32. The van der Waals surface area contributed by atoms with E-state index in [0.717, 1.165) is 19.3 Å². The number of Topliss-reactive ketones (excluding diaryl/α,β-unsaturated/α-hetero) is 1. The van der Waals surface area contributed by atoms with Crippen molar-refractivity contribution >= 4 is 5.78 Å². The van der Waals surface area contributed by atoms with Gasteiger partial charge in [0, 0.05) is 11.3 Å². The van der Waals surface area contributed by atoms with Gasteiger partial charge in [0.05, 0.1) is 12.7 Å². The first-order valence-corrected chi connectivity index (χ1v) is 8.92. The smallest absolute Gasteiger partial charge is 0.143 e. The van der Waals surface area contributed by atoms with Gasteiger partial charge in [-0.05, 0) is 31.1 Å². The molecule has 0 aliphatic heterocycles. The second-order valence-electron chi connectivity index (χ2n) is 9.01. The van der Waals surface area contributed by atoms with E-state index in [2.05, 4.69) is 32.9 Å². The highest BCUT2D eigenvalue weighted by Crippen LogP contribution is 2.31. The molecule has 0 aromatic rings. The van der Waals surface area contributed by atoms with E-state index in [9.17, 15) is 4.79 Å². The van der Waals surface area contributed by atoms with E-state index in [-0.39, 0.29) is 22.9 Å². The minimum atomic E-state index is -0.296. The van der Waals surface area contributed by atoms with Gasteiger partial charge in [-0.1, -0.05) is 66.5 Å². The molecular formula is C20H36O2. The van der Waals surface area contributed by atoms with Crippen LogP contribution >= 0.6 is 0 Å². The lowest BCUT2D eigenvalue weighted by Crippen LogP contribution is -2.35. The third-order valence-electron chi connectivity index (χ3n) is 4.19. The average molecular weight is 309 g/mol. The largest absolute Gasteiger partial charge is 0.373 e. The zero-order chi connectivity index (χ0) is 16.8. The number of hydrogen-bond acceptors (Lipinski definition) is 2. The van der Waals surface area contributed by atoms with Crippen molar-refractivity contribution in [3.05, 3.63) is 12.2 Å². The van der Waals surface area contributed by atoms with Gasteiger partial charge in [-0.25, -0.2) is 0 Å². The fourth-order valence-corrected chi connectivity index (χ4v) is 3.09. The molecule has 22 heavy (non-hydrogen) atoms. The summed E-state index contributed by atoms with van der Waals surface area (Å²) in [4.78, 5) is 12.7. The van der Waals surface area contributed by atoms with Gasteiger partial charge in [-0.3, -0.25) is 4.79 Å². The summed E-state index contributed by atoms with van der Waals surface area (Å²) in [5, 5.41) is 0. The lowest BCUT2D eigenvalue weighted by Gasteiger charge is -2.30. The van der Waals surface area contributed by atoms with Gasteiger partial charge >= 0.3 is 0 Å². The normalized spacial score (nSPS) is 23.5. The molecular weight excluding hydrogens is 272 g/mol. The van der Waals surface area contributed by atoms with Gasteiger partial charge in [0.2, 0.25) is 0 Å². The van der Waals surface area contributed by atoms with E-state index in [1.807, 2.05) is 20.8 Å². The van der Waals surface area contributed by atoms with Crippen LogP contribution in [0.3, 0.4) is 0 Å². The Hall–Kier alpha value is -0.630. The van der Waals surface area contributed by atoms with E-state index in [1.165, 1.54) is 19.3 Å². The van der Waals surface area contributed by atoms with E-state index in [1.54, 1.807) is 0 Å². The first kappa shape index (κ1) is 19.4. The van der Waals surface area contributed by atoms with E-state index >= 15 is 0 Å². The zero-order valence-electron chi connectivity index (χ0n) is 15.6. The van der Waals surface area contributed by atoms with Crippen LogP contribution in [0, 0.1) is 16.7 Å². The molecule has 0 aromatic heterocycles. The Morgan fingerprint density at radius 3 is 2.41 bits per heavy atom. The number of allylic oxidation sites excluding steroid dienone is 1. The Balaban J connectivity index is 2.67. The highest BCUT2D eigenvalue weighted by Gasteiger charge is 2.33. The lowest BCUT2D eigenvalue weighted by molar-refractivity contribution is -0.134. The molecule has 0 radical (unpaired) electrons. The topological polar surface area (TPSA) is 26.3 Å². The molecule has 0 aromatic carbocycles. The summed E-state index contributed by atoms with van der Waals surface area (Å²) in [6.45, 7) is 13.2. The SMILES string of the molecule is CC(C)(C)C[C@H](COC1/C=C/CCCCC1)C(=O)C(C)(C)C. The molecule has 0 heterocycles. The molecule has 1 unspecified atom stereocenters. The molecule has 0 bridgehead atoms.